The largest absolute Gasteiger partial charge is 0.382 e. The summed E-state index contributed by atoms with van der Waals surface area (Å²) in [7, 11) is 3.57. The fraction of sp³-hybridized carbons (Fsp3) is 0.733. The Morgan fingerprint density at radius 3 is 2.62 bits per heavy atom. The van der Waals surface area contributed by atoms with Gasteiger partial charge < -0.3 is 14.8 Å². The second-order valence-electron chi connectivity index (χ2n) is 5.27. The normalized spacial score (nSPS) is 15.6. The molecule has 0 bridgehead atoms. The second kappa shape index (κ2) is 8.66. The summed E-state index contributed by atoms with van der Waals surface area (Å²) in [5.74, 6) is 2.28. The maximum atomic E-state index is 5.51. The van der Waals surface area contributed by atoms with Gasteiger partial charge in [0.25, 0.3) is 0 Å². The van der Waals surface area contributed by atoms with Gasteiger partial charge >= 0.3 is 0 Å². The number of rotatable bonds is 8. The first kappa shape index (κ1) is 16.6. The Bertz CT molecular complexity index is 451. The predicted molar refractivity (Wildman–Crippen MR) is 86.9 cm³/mol. The van der Waals surface area contributed by atoms with Gasteiger partial charge in [-0.2, -0.15) is 0 Å². The average molecular weight is 358 g/mol. The Morgan fingerprint density at radius 2 is 1.95 bits per heavy atom. The van der Waals surface area contributed by atoms with Crippen LogP contribution >= 0.6 is 15.9 Å². The van der Waals surface area contributed by atoms with Crippen LogP contribution in [0.25, 0.3) is 0 Å². The summed E-state index contributed by atoms with van der Waals surface area (Å²) in [6.07, 6.45) is 5.77. The van der Waals surface area contributed by atoms with E-state index in [-0.39, 0.29) is 0 Å². The molecule has 1 aliphatic carbocycles. The Balaban J connectivity index is 2.04. The number of hydrogen-bond donors (Lipinski definition) is 1. The molecule has 21 heavy (non-hydrogen) atoms. The third-order valence-electron chi connectivity index (χ3n) is 3.80. The molecular formula is C15H24BrN3O2. The lowest BCUT2D eigenvalue weighted by molar-refractivity contribution is 0.0716. The molecule has 0 spiro atoms. The number of anilines is 1. The Labute approximate surface area is 135 Å². The van der Waals surface area contributed by atoms with Gasteiger partial charge in [0, 0.05) is 26.5 Å². The van der Waals surface area contributed by atoms with Gasteiger partial charge in [0.15, 0.2) is 0 Å². The van der Waals surface area contributed by atoms with Crippen LogP contribution in [0.3, 0.4) is 0 Å². The van der Waals surface area contributed by atoms with E-state index in [1.54, 1.807) is 7.11 Å². The molecule has 5 nitrogen and oxygen atoms in total. The van der Waals surface area contributed by atoms with Crippen LogP contribution in [0.2, 0.25) is 0 Å². The molecule has 1 saturated carbocycles. The van der Waals surface area contributed by atoms with Gasteiger partial charge in [0.05, 0.1) is 30.0 Å². The quantitative estimate of drug-likeness (QED) is 0.724. The van der Waals surface area contributed by atoms with Crippen molar-refractivity contribution in [1.29, 1.82) is 0 Å². The van der Waals surface area contributed by atoms with Crippen LogP contribution in [0.15, 0.2) is 4.47 Å². The van der Waals surface area contributed by atoms with E-state index in [9.17, 15) is 0 Å². The fourth-order valence-electron chi connectivity index (χ4n) is 2.67. The van der Waals surface area contributed by atoms with Gasteiger partial charge in [0.1, 0.15) is 11.6 Å². The van der Waals surface area contributed by atoms with E-state index in [2.05, 4.69) is 26.2 Å². The average Bonchev–Trinajstić information content (AvgIpc) is 3.02. The lowest BCUT2D eigenvalue weighted by Crippen LogP contribution is -2.11. The minimum Gasteiger partial charge on any atom is -0.382 e. The van der Waals surface area contributed by atoms with Crippen LogP contribution in [0.4, 0.5) is 5.82 Å². The molecule has 1 aromatic rings. The summed E-state index contributed by atoms with van der Waals surface area (Å²) in [5.41, 5.74) is 1.15. The van der Waals surface area contributed by atoms with Crippen molar-refractivity contribution in [3.05, 3.63) is 16.0 Å². The lowest BCUT2D eigenvalue weighted by atomic mass is 10.0. The summed E-state index contributed by atoms with van der Waals surface area (Å²) >= 11 is 3.65. The molecule has 0 radical (unpaired) electrons. The molecule has 0 unspecified atom stereocenters. The highest BCUT2D eigenvalue weighted by Crippen LogP contribution is 2.38. The lowest BCUT2D eigenvalue weighted by Gasteiger charge is -2.15. The molecule has 0 aromatic carbocycles. The van der Waals surface area contributed by atoms with Crippen LogP contribution in [0.1, 0.15) is 43.1 Å². The molecule has 2 rings (SSSR count). The van der Waals surface area contributed by atoms with Crippen molar-refractivity contribution in [2.24, 2.45) is 0 Å². The number of nitrogens with one attached hydrogen (secondary N) is 1. The fourth-order valence-corrected chi connectivity index (χ4v) is 3.37. The van der Waals surface area contributed by atoms with Gasteiger partial charge in [-0.15, -0.1) is 0 Å². The molecule has 0 amide bonds. The second-order valence-corrected chi connectivity index (χ2v) is 6.07. The Morgan fingerprint density at radius 1 is 1.19 bits per heavy atom. The number of methoxy groups -OCH3 is 1. The van der Waals surface area contributed by atoms with E-state index in [4.69, 9.17) is 14.5 Å². The van der Waals surface area contributed by atoms with Crippen molar-refractivity contribution in [3.63, 3.8) is 0 Å². The SMILES string of the molecule is CNc1nc(CCOCCOC)nc(C2CCCC2)c1Br. The van der Waals surface area contributed by atoms with Crippen LogP contribution in [-0.4, -0.2) is 43.9 Å². The summed E-state index contributed by atoms with van der Waals surface area (Å²) < 4.78 is 11.5. The topological polar surface area (TPSA) is 56.3 Å². The smallest absolute Gasteiger partial charge is 0.144 e. The third kappa shape index (κ3) is 4.63. The van der Waals surface area contributed by atoms with Crippen LogP contribution in [0, 0.1) is 0 Å². The summed E-state index contributed by atoms with van der Waals surface area (Å²) in [4.78, 5) is 9.33. The summed E-state index contributed by atoms with van der Waals surface area (Å²) in [6.45, 7) is 1.86. The maximum absolute atomic E-state index is 5.51. The molecule has 6 heteroatoms. The zero-order valence-electron chi connectivity index (χ0n) is 12.8. The van der Waals surface area contributed by atoms with Crippen molar-refractivity contribution in [3.8, 4) is 0 Å². The highest BCUT2D eigenvalue weighted by atomic mass is 79.9. The molecule has 1 N–H and O–H groups in total. The predicted octanol–water partition coefficient (Wildman–Crippen LogP) is 3.14. The monoisotopic (exact) mass is 357 g/mol. The van der Waals surface area contributed by atoms with Crippen LogP contribution in [-0.2, 0) is 15.9 Å². The first-order chi connectivity index (χ1) is 10.3. The van der Waals surface area contributed by atoms with E-state index in [1.807, 2.05) is 7.05 Å². The van der Waals surface area contributed by atoms with Gasteiger partial charge in [-0.1, -0.05) is 12.8 Å². The maximum Gasteiger partial charge on any atom is 0.144 e. The van der Waals surface area contributed by atoms with Crippen molar-refractivity contribution < 1.29 is 9.47 Å². The van der Waals surface area contributed by atoms with Crippen molar-refractivity contribution in [1.82, 2.24) is 9.97 Å². The summed E-state index contributed by atoms with van der Waals surface area (Å²) in [6, 6.07) is 0. The molecule has 0 saturated heterocycles. The molecule has 118 valence electrons. The molecule has 1 heterocycles. The molecular weight excluding hydrogens is 334 g/mol. The van der Waals surface area contributed by atoms with Crippen molar-refractivity contribution in [2.75, 3.05) is 39.3 Å². The number of halogens is 1. The number of aromatic nitrogens is 2. The zero-order chi connectivity index (χ0) is 15.1. The number of hydrogen-bond acceptors (Lipinski definition) is 5. The minimum atomic E-state index is 0.558. The number of nitrogens with zero attached hydrogens (tertiary/aromatic N) is 2. The van der Waals surface area contributed by atoms with Crippen LogP contribution in [0.5, 0.6) is 0 Å². The molecule has 1 aromatic heterocycles. The highest BCUT2D eigenvalue weighted by Gasteiger charge is 2.23. The van der Waals surface area contributed by atoms with Gasteiger partial charge in [-0.3, -0.25) is 0 Å². The third-order valence-corrected chi connectivity index (χ3v) is 4.59. The molecule has 0 atom stereocenters. The first-order valence-corrected chi connectivity index (χ1v) is 8.36. The molecule has 1 aliphatic rings. The van der Waals surface area contributed by atoms with Gasteiger partial charge in [0.2, 0.25) is 0 Å². The van der Waals surface area contributed by atoms with Crippen molar-refractivity contribution >= 4 is 21.7 Å². The van der Waals surface area contributed by atoms with Gasteiger partial charge in [-0.05, 0) is 28.8 Å². The summed E-state index contributed by atoms with van der Waals surface area (Å²) in [5, 5.41) is 3.15. The molecule has 0 aliphatic heterocycles. The highest BCUT2D eigenvalue weighted by molar-refractivity contribution is 9.10. The van der Waals surface area contributed by atoms with E-state index < -0.39 is 0 Å². The van der Waals surface area contributed by atoms with E-state index >= 15 is 0 Å². The van der Waals surface area contributed by atoms with Gasteiger partial charge in [-0.25, -0.2) is 9.97 Å². The minimum absolute atomic E-state index is 0.558. The Kier molecular flexibility index (Phi) is 6.86. The Hall–Kier alpha value is -0.720. The van der Waals surface area contributed by atoms with E-state index in [1.165, 1.54) is 25.7 Å². The molecule has 1 fully saturated rings. The first-order valence-electron chi connectivity index (χ1n) is 7.57. The number of ether oxygens (including phenoxy) is 2. The standard InChI is InChI=1S/C15H24BrN3O2/c1-17-15-13(16)14(11-5-3-4-6-11)18-12(19-15)7-8-21-10-9-20-2/h11H,3-10H2,1-2H3,(H,17,18,19). The zero-order valence-corrected chi connectivity index (χ0v) is 14.4. The van der Waals surface area contributed by atoms with E-state index in [0.717, 1.165) is 28.2 Å². The van der Waals surface area contributed by atoms with E-state index in [0.29, 0.717) is 25.7 Å². The van der Waals surface area contributed by atoms with Crippen molar-refractivity contribution in [2.45, 2.75) is 38.0 Å². The van der Waals surface area contributed by atoms with Crippen LogP contribution < -0.4 is 5.32 Å².